The van der Waals surface area contributed by atoms with Crippen molar-refractivity contribution in [2.24, 2.45) is 5.92 Å². The standard InChI is InChI=1S/C13H15N3OS/c1-2-4-11(5-3-1)13-15-12(17-16-13)9-18-8-10-6-14-7-10/h1-5,10,14H,6-9H2. The van der Waals surface area contributed by atoms with Crippen LogP contribution in [0.4, 0.5) is 0 Å². The molecule has 1 aliphatic heterocycles. The maximum atomic E-state index is 5.25. The van der Waals surface area contributed by atoms with E-state index in [2.05, 4.69) is 15.5 Å². The number of benzene rings is 1. The molecule has 1 N–H and O–H groups in total. The van der Waals surface area contributed by atoms with E-state index in [9.17, 15) is 0 Å². The van der Waals surface area contributed by atoms with Crippen LogP contribution >= 0.6 is 11.8 Å². The molecule has 2 heterocycles. The maximum absolute atomic E-state index is 5.25. The monoisotopic (exact) mass is 261 g/mol. The van der Waals surface area contributed by atoms with Crippen molar-refractivity contribution in [2.75, 3.05) is 18.8 Å². The van der Waals surface area contributed by atoms with Gasteiger partial charge in [-0.3, -0.25) is 0 Å². The highest BCUT2D eigenvalue weighted by atomic mass is 32.2. The van der Waals surface area contributed by atoms with Gasteiger partial charge in [-0.15, -0.1) is 0 Å². The zero-order chi connectivity index (χ0) is 12.2. The van der Waals surface area contributed by atoms with Gasteiger partial charge in [0.1, 0.15) is 0 Å². The van der Waals surface area contributed by atoms with Crippen LogP contribution in [0.25, 0.3) is 11.4 Å². The van der Waals surface area contributed by atoms with Gasteiger partial charge in [0.05, 0.1) is 5.75 Å². The summed E-state index contributed by atoms with van der Waals surface area (Å²) in [6.45, 7) is 2.29. The van der Waals surface area contributed by atoms with Gasteiger partial charge >= 0.3 is 0 Å². The number of hydrogen-bond donors (Lipinski definition) is 1. The van der Waals surface area contributed by atoms with Crippen LogP contribution in [0.1, 0.15) is 5.89 Å². The summed E-state index contributed by atoms with van der Waals surface area (Å²) in [6, 6.07) is 9.91. The van der Waals surface area contributed by atoms with E-state index in [1.165, 1.54) is 0 Å². The summed E-state index contributed by atoms with van der Waals surface area (Å²) in [5, 5.41) is 7.28. The van der Waals surface area contributed by atoms with E-state index < -0.39 is 0 Å². The van der Waals surface area contributed by atoms with Gasteiger partial charge in [-0.1, -0.05) is 35.5 Å². The molecule has 1 saturated heterocycles. The quantitative estimate of drug-likeness (QED) is 0.894. The van der Waals surface area contributed by atoms with Crippen molar-refractivity contribution < 1.29 is 4.52 Å². The lowest BCUT2D eigenvalue weighted by molar-refractivity contribution is 0.382. The Labute approximate surface area is 110 Å². The first kappa shape index (κ1) is 11.7. The van der Waals surface area contributed by atoms with Crippen LogP contribution in [0, 0.1) is 5.92 Å². The molecule has 0 radical (unpaired) electrons. The van der Waals surface area contributed by atoms with Crippen LogP contribution in [0.15, 0.2) is 34.9 Å². The number of aromatic nitrogens is 2. The van der Waals surface area contributed by atoms with Crippen LogP contribution in [0.5, 0.6) is 0 Å². The minimum Gasteiger partial charge on any atom is -0.338 e. The third-order valence-electron chi connectivity index (χ3n) is 2.95. The third-order valence-corrected chi connectivity index (χ3v) is 4.10. The Morgan fingerprint density at radius 1 is 1.28 bits per heavy atom. The fraction of sp³-hybridized carbons (Fsp3) is 0.385. The molecular formula is C13H15N3OS. The molecule has 0 bridgehead atoms. The van der Waals surface area contributed by atoms with E-state index in [0.717, 1.165) is 36.1 Å². The molecule has 94 valence electrons. The molecule has 18 heavy (non-hydrogen) atoms. The smallest absolute Gasteiger partial charge is 0.236 e. The number of nitrogens with zero attached hydrogens (tertiary/aromatic N) is 2. The summed E-state index contributed by atoms with van der Waals surface area (Å²) in [4.78, 5) is 4.41. The average molecular weight is 261 g/mol. The van der Waals surface area contributed by atoms with Gasteiger partial charge in [0.15, 0.2) is 0 Å². The summed E-state index contributed by atoms with van der Waals surface area (Å²) in [5.41, 5.74) is 1.00. The molecule has 2 aromatic rings. The number of nitrogens with one attached hydrogen (secondary N) is 1. The van der Waals surface area contributed by atoms with Gasteiger partial charge in [0.2, 0.25) is 11.7 Å². The van der Waals surface area contributed by atoms with Crippen LogP contribution in [-0.2, 0) is 5.75 Å². The van der Waals surface area contributed by atoms with Crippen LogP contribution in [0.3, 0.4) is 0 Å². The van der Waals surface area contributed by atoms with Crippen molar-refractivity contribution in [2.45, 2.75) is 5.75 Å². The van der Waals surface area contributed by atoms with Crippen molar-refractivity contribution in [3.8, 4) is 11.4 Å². The molecular weight excluding hydrogens is 246 g/mol. The predicted molar refractivity (Wildman–Crippen MR) is 72.3 cm³/mol. The Hall–Kier alpha value is -1.33. The van der Waals surface area contributed by atoms with Crippen molar-refractivity contribution in [1.82, 2.24) is 15.5 Å². The second-order valence-corrected chi connectivity index (χ2v) is 5.45. The van der Waals surface area contributed by atoms with Gasteiger partial charge in [0, 0.05) is 5.56 Å². The Bertz CT molecular complexity index is 496. The van der Waals surface area contributed by atoms with E-state index in [1.54, 1.807) is 0 Å². The van der Waals surface area contributed by atoms with Gasteiger partial charge in [0.25, 0.3) is 0 Å². The fourth-order valence-electron chi connectivity index (χ4n) is 1.80. The molecule has 1 aliphatic rings. The molecule has 4 nitrogen and oxygen atoms in total. The zero-order valence-electron chi connectivity index (χ0n) is 10.0. The van der Waals surface area contributed by atoms with Crippen molar-refractivity contribution in [1.29, 1.82) is 0 Å². The predicted octanol–water partition coefficient (Wildman–Crippen LogP) is 2.19. The van der Waals surface area contributed by atoms with E-state index in [-0.39, 0.29) is 0 Å². The van der Waals surface area contributed by atoms with Crippen molar-refractivity contribution in [3.63, 3.8) is 0 Å². The highest BCUT2D eigenvalue weighted by Gasteiger charge is 2.17. The van der Waals surface area contributed by atoms with Gasteiger partial charge < -0.3 is 9.84 Å². The molecule has 0 saturated carbocycles. The maximum Gasteiger partial charge on any atom is 0.236 e. The highest BCUT2D eigenvalue weighted by Crippen LogP contribution is 2.19. The minimum atomic E-state index is 0.677. The summed E-state index contributed by atoms with van der Waals surface area (Å²) in [5.74, 6) is 4.17. The van der Waals surface area contributed by atoms with Crippen molar-refractivity contribution in [3.05, 3.63) is 36.2 Å². The lowest BCUT2D eigenvalue weighted by atomic mass is 10.1. The van der Waals surface area contributed by atoms with Crippen LogP contribution < -0.4 is 5.32 Å². The summed E-state index contributed by atoms with van der Waals surface area (Å²) in [7, 11) is 0. The van der Waals surface area contributed by atoms with Crippen LogP contribution in [0.2, 0.25) is 0 Å². The highest BCUT2D eigenvalue weighted by molar-refractivity contribution is 7.98. The molecule has 0 unspecified atom stereocenters. The van der Waals surface area contributed by atoms with Crippen LogP contribution in [-0.4, -0.2) is 29.0 Å². The molecule has 3 rings (SSSR count). The molecule has 0 amide bonds. The second-order valence-electron chi connectivity index (χ2n) is 4.42. The Morgan fingerprint density at radius 2 is 2.11 bits per heavy atom. The summed E-state index contributed by atoms with van der Waals surface area (Å²) in [6.07, 6.45) is 0. The first-order chi connectivity index (χ1) is 8.92. The number of thioether (sulfide) groups is 1. The number of hydrogen-bond acceptors (Lipinski definition) is 5. The number of rotatable bonds is 5. The Balaban J connectivity index is 1.56. The second kappa shape index (κ2) is 5.54. The van der Waals surface area contributed by atoms with E-state index >= 15 is 0 Å². The van der Waals surface area contributed by atoms with E-state index in [0.29, 0.717) is 11.7 Å². The SMILES string of the molecule is c1ccc(-c2noc(CSCC3CNC3)n2)cc1. The molecule has 1 fully saturated rings. The molecule has 1 aromatic heterocycles. The Morgan fingerprint density at radius 3 is 2.83 bits per heavy atom. The molecule has 1 aromatic carbocycles. The largest absolute Gasteiger partial charge is 0.338 e. The Kier molecular flexibility index (Phi) is 3.61. The third kappa shape index (κ3) is 2.73. The van der Waals surface area contributed by atoms with E-state index in [4.69, 9.17) is 4.52 Å². The van der Waals surface area contributed by atoms with Gasteiger partial charge in [-0.2, -0.15) is 16.7 Å². The molecule has 0 atom stereocenters. The molecule has 5 heteroatoms. The zero-order valence-corrected chi connectivity index (χ0v) is 10.8. The summed E-state index contributed by atoms with van der Waals surface area (Å²) < 4.78 is 5.25. The van der Waals surface area contributed by atoms with Crippen molar-refractivity contribution >= 4 is 11.8 Å². The molecule has 0 spiro atoms. The topological polar surface area (TPSA) is 51.0 Å². The first-order valence-corrected chi connectivity index (χ1v) is 7.24. The fourth-order valence-corrected chi connectivity index (χ4v) is 2.78. The minimum absolute atomic E-state index is 0.677. The van der Waals surface area contributed by atoms with E-state index in [1.807, 2.05) is 42.1 Å². The first-order valence-electron chi connectivity index (χ1n) is 6.08. The molecule has 0 aliphatic carbocycles. The summed E-state index contributed by atoms with van der Waals surface area (Å²) >= 11 is 1.86. The van der Waals surface area contributed by atoms with Gasteiger partial charge in [-0.25, -0.2) is 0 Å². The average Bonchev–Trinajstić information content (AvgIpc) is 2.82. The normalized spacial score (nSPS) is 15.6. The lowest BCUT2D eigenvalue weighted by Crippen LogP contribution is -2.43. The van der Waals surface area contributed by atoms with Gasteiger partial charge in [-0.05, 0) is 24.8 Å². The lowest BCUT2D eigenvalue weighted by Gasteiger charge is -2.26.